The molecule has 0 aromatic heterocycles. The predicted octanol–water partition coefficient (Wildman–Crippen LogP) is 4.21. The lowest BCUT2D eigenvalue weighted by molar-refractivity contribution is -0.192. The van der Waals surface area contributed by atoms with E-state index in [9.17, 15) is 13.2 Å². The van der Waals surface area contributed by atoms with Gasteiger partial charge in [-0.3, -0.25) is 0 Å². The highest BCUT2D eigenvalue weighted by Gasteiger charge is 2.38. The van der Waals surface area contributed by atoms with Crippen molar-refractivity contribution < 1.29 is 23.1 Å². The molecule has 8 heteroatoms. The van der Waals surface area contributed by atoms with E-state index in [0.29, 0.717) is 11.1 Å². The Kier molecular flexibility index (Phi) is 6.84. The van der Waals surface area contributed by atoms with Crippen LogP contribution in [0.1, 0.15) is 11.1 Å². The van der Waals surface area contributed by atoms with Gasteiger partial charge in [0.1, 0.15) is 12.1 Å². The second-order valence-corrected chi connectivity index (χ2v) is 5.20. The van der Waals surface area contributed by atoms with E-state index in [-0.39, 0.29) is 0 Å². The summed E-state index contributed by atoms with van der Waals surface area (Å²) in [5, 5.41) is 25.1. The summed E-state index contributed by atoms with van der Waals surface area (Å²) in [6.07, 6.45) is -5.08. The minimum Gasteiger partial charge on any atom is -0.475 e. The fraction of sp³-hybridized carbons (Fsp3) is 0.0625. The van der Waals surface area contributed by atoms with Gasteiger partial charge in [0.2, 0.25) is 0 Å². The molecule has 0 amide bonds. The molecule has 1 N–H and O–H groups in total. The standard InChI is InChI=1S/C14H8N2S.C2HF3O2/c15-9-11-5-1-3-7-13(11)17-14-8-4-2-6-12(14)10-16;3-2(4,5)1(6)7/h1-8H;(H,6,7). The Morgan fingerprint density at radius 3 is 1.54 bits per heavy atom. The van der Waals surface area contributed by atoms with Crippen molar-refractivity contribution in [3.63, 3.8) is 0 Å². The van der Waals surface area contributed by atoms with Crippen molar-refractivity contribution in [2.75, 3.05) is 0 Å². The van der Waals surface area contributed by atoms with Crippen LogP contribution in [-0.2, 0) is 4.79 Å². The number of aliphatic carboxylic acids is 1. The van der Waals surface area contributed by atoms with Crippen LogP contribution >= 0.6 is 11.8 Å². The van der Waals surface area contributed by atoms with Gasteiger partial charge in [-0.25, -0.2) is 4.79 Å². The fourth-order valence-electron chi connectivity index (χ4n) is 1.41. The normalized spacial score (nSPS) is 9.88. The van der Waals surface area contributed by atoms with E-state index < -0.39 is 12.1 Å². The second kappa shape index (κ2) is 8.61. The fourth-order valence-corrected chi connectivity index (χ4v) is 2.39. The third kappa shape index (κ3) is 5.67. The molecule has 24 heavy (non-hydrogen) atoms. The first-order valence-corrected chi connectivity index (χ1v) is 7.07. The summed E-state index contributed by atoms with van der Waals surface area (Å²) < 4.78 is 31.7. The number of hydrogen-bond acceptors (Lipinski definition) is 4. The Balaban J connectivity index is 0.000000351. The molecule has 0 fully saturated rings. The summed E-state index contributed by atoms with van der Waals surface area (Å²) in [4.78, 5) is 10.6. The lowest BCUT2D eigenvalue weighted by Gasteiger charge is -2.04. The van der Waals surface area contributed by atoms with Crippen LogP contribution < -0.4 is 0 Å². The molecular formula is C16H9F3N2O2S. The molecule has 0 aliphatic carbocycles. The number of halogens is 3. The summed E-state index contributed by atoms with van der Waals surface area (Å²) in [6.45, 7) is 0. The number of nitrogens with zero attached hydrogens (tertiary/aromatic N) is 2. The molecule has 2 aromatic rings. The Morgan fingerprint density at radius 2 is 1.25 bits per heavy atom. The van der Waals surface area contributed by atoms with E-state index in [1.165, 1.54) is 11.8 Å². The average Bonchev–Trinajstić information content (AvgIpc) is 2.55. The van der Waals surface area contributed by atoms with E-state index in [1.807, 2.05) is 36.4 Å². The molecule has 2 rings (SSSR count). The molecule has 0 saturated heterocycles. The van der Waals surface area contributed by atoms with Crippen molar-refractivity contribution in [1.82, 2.24) is 0 Å². The van der Waals surface area contributed by atoms with Crippen molar-refractivity contribution in [1.29, 1.82) is 10.5 Å². The number of benzene rings is 2. The van der Waals surface area contributed by atoms with Crippen LogP contribution in [-0.4, -0.2) is 17.3 Å². The van der Waals surface area contributed by atoms with Crippen molar-refractivity contribution >= 4 is 17.7 Å². The maximum Gasteiger partial charge on any atom is 0.490 e. The summed E-state index contributed by atoms with van der Waals surface area (Å²) in [5.74, 6) is -2.76. The highest BCUT2D eigenvalue weighted by atomic mass is 32.2. The van der Waals surface area contributed by atoms with E-state index >= 15 is 0 Å². The van der Waals surface area contributed by atoms with Crippen LogP contribution in [0.5, 0.6) is 0 Å². The summed E-state index contributed by atoms with van der Waals surface area (Å²) in [7, 11) is 0. The highest BCUT2D eigenvalue weighted by molar-refractivity contribution is 7.99. The number of carbonyl (C=O) groups is 1. The third-order valence-electron chi connectivity index (χ3n) is 2.48. The minimum atomic E-state index is -5.08. The number of hydrogen-bond donors (Lipinski definition) is 1. The largest absolute Gasteiger partial charge is 0.490 e. The number of carboxylic acid groups (broad SMARTS) is 1. The van der Waals surface area contributed by atoms with Gasteiger partial charge in [-0.05, 0) is 24.3 Å². The van der Waals surface area contributed by atoms with Crippen LogP contribution in [0, 0.1) is 22.7 Å². The molecule has 0 aliphatic heterocycles. The first kappa shape index (κ1) is 19.1. The molecule has 0 heterocycles. The van der Waals surface area contributed by atoms with E-state index in [2.05, 4.69) is 12.1 Å². The van der Waals surface area contributed by atoms with Gasteiger partial charge < -0.3 is 5.11 Å². The van der Waals surface area contributed by atoms with Gasteiger partial charge in [0, 0.05) is 9.79 Å². The van der Waals surface area contributed by atoms with E-state index in [1.54, 1.807) is 12.1 Å². The van der Waals surface area contributed by atoms with Crippen LogP contribution in [0.4, 0.5) is 13.2 Å². The Hall–Kier alpha value is -2.97. The molecule has 0 saturated carbocycles. The quantitative estimate of drug-likeness (QED) is 0.877. The Labute approximate surface area is 139 Å². The topological polar surface area (TPSA) is 84.9 Å². The monoisotopic (exact) mass is 350 g/mol. The first-order valence-electron chi connectivity index (χ1n) is 6.25. The van der Waals surface area contributed by atoms with Gasteiger partial charge in [-0.15, -0.1) is 0 Å². The minimum absolute atomic E-state index is 0.630. The maximum absolute atomic E-state index is 10.6. The van der Waals surface area contributed by atoms with Crippen molar-refractivity contribution in [3.8, 4) is 12.1 Å². The smallest absolute Gasteiger partial charge is 0.475 e. The SMILES string of the molecule is N#Cc1ccccc1Sc1ccccc1C#N.O=C(O)C(F)(F)F. The number of carboxylic acids is 1. The van der Waals surface area contributed by atoms with Gasteiger partial charge in [-0.1, -0.05) is 36.0 Å². The predicted molar refractivity (Wildman–Crippen MR) is 80.1 cm³/mol. The van der Waals surface area contributed by atoms with Crippen molar-refractivity contribution in [3.05, 3.63) is 59.7 Å². The molecule has 0 unspecified atom stereocenters. The van der Waals surface area contributed by atoms with Gasteiger partial charge >= 0.3 is 12.1 Å². The summed E-state index contributed by atoms with van der Waals surface area (Å²) in [6, 6.07) is 19.1. The number of rotatable bonds is 2. The van der Waals surface area contributed by atoms with E-state index in [4.69, 9.17) is 20.4 Å². The molecule has 122 valence electrons. The Morgan fingerprint density at radius 1 is 0.917 bits per heavy atom. The van der Waals surface area contributed by atoms with Crippen LogP contribution in [0.15, 0.2) is 58.3 Å². The van der Waals surface area contributed by atoms with E-state index in [0.717, 1.165) is 9.79 Å². The maximum atomic E-state index is 10.6. The zero-order chi connectivity index (χ0) is 18.2. The average molecular weight is 350 g/mol. The lowest BCUT2D eigenvalue weighted by atomic mass is 10.2. The molecule has 0 radical (unpaired) electrons. The third-order valence-corrected chi connectivity index (χ3v) is 3.63. The molecule has 0 atom stereocenters. The van der Waals surface area contributed by atoms with Crippen molar-refractivity contribution in [2.24, 2.45) is 0 Å². The molecule has 4 nitrogen and oxygen atoms in total. The Bertz CT molecular complexity index is 752. The van der Waals surface area contributed by atoms with Crippen LogP contribution in [0.3, 0.4) is 0 Å². The molecule has 0 aliphatic rings. The molecular weight excluding hydrogens is 341 g/mol. The second-order valence-electron chi connectivity index (χ2n) is 4.12. The zero-order valence-electron chi connectivity index (χ0n) is 11.9. The summed E-state index contributed by atoms with van der Waals surface area (Å²) in [5.41, 5.74) is 1.26. The van der Waals surface area contributed by atoms with Gasteiger partial charge in [-0.2, -0.15) is 23.7 Å². The molecule has 2 aromatic carbocycles. The number of alkyl halides is 3. The summed E-state index contributed by atoms with van der Waals surface area (Å²) >= 11 is 1.44. The van der Waals surface area contributed by atoms with Crippen LogP contribution in [0.25, 0.3) is 0 Å². The molecule has 0 bridgehead atoms. The van der Waals surface area contributed by atoms with Crippen molar-refractivity contribution in [2.45, 2.75) is 16.0 Å². The lowest BCUT2D eigenvalue weighted by Crippen LogP contribution is -2.21. The number of nitriles is 2. The highest BCUT2D eigenvalue weighted by Crippen LogP contribution is 2.32. The van der Waals surface area contributed by atoms with Gasteiger partial charge in [0.15, 0.2) is 0 Å². The van der Waals surface area contributed by atoms with Crippen LogP contribution in [0.2, 0.25) is 0 Å². The first-order chi connectivity index (χ1) is 11.3. The molecule has 0 spiro atoms. The van der Waals surface area contributed by atoms with Gasteiger partial charge in [0.05, 0.1) is 11.1 Å². The zero-order valence-corrected chi connectivity index (χ0v) is 12.7. The van der Waals surface area contributed by atoms with Gasteiger partial charge in [0.25, 0.3) is 0 Å².